The molecule has 1 N–H and O–H groups in total. The number of carbonyl (C=O) groups is 1. The van der Waals surface area contributed by atoms with Gasteiger partial charge in [-0.15, -0.1) is 22.9 Å². The predicted molar refractivity (Wildman–Crippen MR) is 66.7 cm³/mol. The second kappa shape index (κ2) is 4.85. The number of rotatable bonds is 4. The summed E-state index contributed by atoms with van der Waals surface area (Å²) < 4.78 is 0.970. The molecule has 1 aromatic heterocycles. The first-order chi connectivity index (χ1) is 7.16. The van der Waals surface area contributed by atoms with E-state index in [1.165, 1.54) is 24.2 Å². The van der Waals surface area contributed by atoms with Crippen LogP contribution in [-0.2, 0) is 0 Å². The molecule has 0 spiro atoms. The first kappa shape index (κ1) is 11.4. The van der Waals surface area contributed by atoms with Gasteiger partial charge in [0.25, 0.3) is 5.91 Å². The number of thiophene rings is 1. The van der Waals surface area contributed by atoms with Crippen molar-refractivity contribution in [3.8, 4) is 0 Å². The van der Waals surface area contributed by atoms with Crippen LogP contribution in [0.25, 0.3) is 0 Å². The second-order valence-corrected chi connectivity index (χ2v) is 6.55. The van der Waals surface area contributed by atoms with Crippen molar-refractivity contribution in [2.24, 2.45) is 5.92 Å². The molecule has 1 fully saturated rings. The normalized spacial score (nSPS) is 17.5. The highest BCUT2D eigenvalue weighted by molar-refractivity contribution is 9.11. The lowest BCUT2D eigenvalue weighted by Gasteiger charge is -2.08. The molecule has 1 aromatic rings. The van der Waals surface area contributed by atoms with E-state index < -0.39 is 0 Å². The molecular formula is C10H11BrClNOS. The molecular weight excluding hydrogens is 298 g/mol. The zero-order valence-corrected chi connectivity index (χ0v) is 11.2. The minimum absolute atomic E-state index is 0.0387. The van der Waals surface area contributed by atoms with Gasteiger partial charge in [-0.05, 0) is 40.8 Å². The standard InChI is InChI=1S/C10H11BrClNOS/c11-9-3-7(5-15-9)10(14)13-4-8(12)6-1-2-6/h3,5-6,8H,1-2,4H2,(H,13,14). The van der Waals surface area contributed by atoms with Crippen LogP contribution in [0.5, 0.6) is 0 Å². The van der Waals surface area contributed by atoms with Gasteiger partial charge in [0, 0.05) is 11.9 Å². The Bertz CT molecular complexity index is 364. The molecule has 15 heavy (non-hydrogen) atoms. The molecule has 1 amide bonds. The van der Waals surface area contributed by atoms with Gasteiger partial charge < -0.3 is 5.32 Å². The van der Waals surface area contributed by atoms with Gasteiger partial charge in [-0.3, -0.25) is 4.79 Å². The summed E-state index contributed by atoms with van der Waals surface area (Å²) in [4.78, 5) is 11.6. The predicted octanol–water partition coefficient (Wildman–Crippen LogP) is 3.26. The Kier molecular flexibility index (Phi) is 3.69. The van der Waals surface area contributed by atoms with E-state index in [4.69, 9.17) is 11.6 Å². The third-order valence-corrected chi connectivity index (χ3v) is 4.44. The molecule has 1 heterocycles. The summed E-state index contributed by atoms with van der Waals surface area (Å²) in [5, 5.41) is 4.77. The largest absolute Gasteiger partial charge is 0.351 e. The quantitative estimate of drug-likeness (QED) is 0.850. The molecule has 1 aliphatic rings. The maximum absolute atomic E-state index is 11.6. The average molecular weight is 309 g/mol. The summed E-state index contributed by atoms with van der Waals surface area (Å²) in [7, 11) is 0. The summed E-state index contributed by atoms with van der Waals surface area (Å²) in [6, 6.07) is 1.82. The Morgan fingerprint density at radius 1 is 1.73 bits per heavy atom. The van der Waals surface area contributed by atoms with E-state index in [0.29, 0.717) is 18.0 Å². The molecule has 1 atom stereocenters. The van der Waals surface area contributed by atoms with Crippen LogP contribution in [0.3, 0.4) is 0 Å². The van der Waals surface area contributed by atoms with Crippen molar-refractivity contribution < 1.29 is 4.79 Å². The van der Waals surface area contributed by atoms with Crippen molar-refractivity contribution in [2.45, 2.75) is 18.2 Å². The van der Waals surface area contributed by atoms with Crippen molar-refractivity contribution >= 4 is 44.8 Å². The zero-order valence-electron chi connectivity index (χ0n) is 8.00. The lowest BCUT2D eigenvalue weighted by Crippen LogP contribution is -2.30. The monoisotopic (exact) mass is 307 g/mol. The van der Waals surface area contributed by atoms with E-state index in [1.807, 2.05) is 11.4 Å². The maximum atomic E-state index is 11.6. The molecule has 2 nitrogen and oxygen atoms in total. The smallest absolute Gasteiger partial charge is 0.252 e. The number of hydrogen-bond acceptors (Lipinski definition) is 2. The lowest BCUT2D eigenvalue weighted by atomic mass is 10.2. The highest BCUT2D eigenvalue weighted by Gasteiger charge is 2.29. The molecule has 0 aliphatic heterocycles. The van der Waals surface area contributed by atoms with Crippen molar-refractivity contribution in [3.05, 3.63) is 20.8 Å². The molecule has 0 saturated heterocycles. The molecule has 2 rings (SSSR count). The van der Waals surface area contributed by atoms with Crippen LogP contribution in [0.2, 0.25) is 0 Å². The van der Waals surface area contributed by atoms with Gasteiger partial charge in [-0.2, -0.15) is 0 Å². The molecule has 0 bridgehead atoms. The summed E-state index contributed by atoms with van der Waals surface area (Å²) in [6.45, 7) is 0.568. The van der Waals surface area contributed by atoms with Gasteiger partial charge in [0.05, 0.1) is 14.7 Å². The van der Waals surface area contributed by atoms with E-state index in [9.17, 15) is 4.79 Å². The van der Waals surface area contributed by atoms with E-state index >= 15 is 0 Å². The van der Waals surface area contributed by atoms with Crippen molar-refractivity contribution in [3.63, 3.8) is 0 Å². The molecule has 1 unspecified atom stereocenters. The van der Waals surface area contributed by atoms with Crippen LogP contribution in [0.1, 0.15) is 23.2 Å². The summed E-state index contributed by atoms with van der Waals surface area (Å²) in [5.41, 5.74) is 0.700. The SMILES string of the molecule is O=C(NCC(Cl)C1CC1)c1csc(Br)c1. The average Bonchev–Trinajstić information content (AvgIpc) is 2.97. The Labute approximate surface area is 106 Å². The van der Waals surface area contributed by atoms with Crippen LogP contribution in [0.15, 0.2) is 15.2 Å². The zero-order chi connectivity index (χ0) is 10.8. The fraction of sp³-hybridized carbons (Fsp3) is 0.500. The third kappa shape index (κ3) is 3.20. The molecule has 82 valence electrons. The van der Waals surface area contributed by atoms with Gasteiger partial charge in [-0.1, -0.05) is 0 Å². The van der Waals surface area contributed by atoms with Crippen molar-refractivity contribution in [1.29, 1.82) is 0 Å². The van der Waals surface area contributed by atoms with Gasteiger partial charge in [0.15, 0.2) is 0 Å². The Morgan fingerprint density at radius 2 is 2.47 bits per heavy atom. The van der Waals surface area contributed by atoms with Gasteiger partial charge >= 0.3 is 0 Å². The molecule has 0 radical (unpaired) electrons. The number of nitrogens with one attached hydrogen (secondary N) is 1. The van der Waals surface area contributed by atoms with Crippen LogP contribution in [0.4, 0.5) is 0 Å². The number of hydrogen-bond donors (Lipinski definition) is 1. The first-order valence-electron chi connectivity index (χ1n) is 4.83. The lowest BCUT2D eigenvalue weighted by molar-refractivity contribution is 0.0953. The van der Waals surface area contributed by atoms with Crippen LogP contribution < -0.4 is 5.32 Å². The number of carbonyl (C=O) groups excluding carboxylic acids is 1. The van der Waals surface area contributed by atoms with E-state index in [2.05, 4.69) is 21.2 Å². The fourth-order valence-electron chi connectivity index (χ4n) is 1.35. The maximum Gasteiger partial charge on any atom is 0.252 e. The van der Waals surface area contributed by atoms with E-state index in [1.54, 1.807) is 0 Å². The summed E-state index contributed by atoms with van der Waals surface area (Å²) in [5.74, 6) is 0.574. The second-order valence-electron chi connectivity index (χ2n) is 3.70. The van der Waals surface area contributed by atoms with Crippen molar-refractivity contribution in [1.82, 2.24) is 5.32 Å². The Balaban J connectivity index is 1.81. The number of alkyl halides is 1. The first-order valence-corrected chi connectivity index (χ1v) is 6.94. The Hall–Kier alpha value is -0.0600. The fourth-order valence-corrected chi connectivity index (χ4v) is 2.81. The third-order valence-electron chi connectivity index (χ3n) is 2.42. The minimum Gasteiger partial charge on any atom is -0.351 e. The van der Waals surface area contributed by atoms with Crippen LogP contribution in [0, 0.1) is 5.92 Å². The highest BCUT2D eigenvalue weighted by Crippen LogP contribution is 2.35. The van der Waals surface area contributed by atoms with Crippen molar-refractivity contribution in [2.75, 3.05) is 6.54 Å². The topological polar surface area (TPSA) is 29.1 Å². The number of amides is 1. The van der Waals surface area contributed by atoms with Gasteiger partial charge in [0.2, 0.25) is 0 Å². The Morgan fingerprint density at radius 3 is 3.00 bits per heavy atom. The van der Waals surface area contributed by atoms with Gasteiger partial charge in [0.1, 0.15) is 0 Å². The van der Waals surface area contributed by atoms with Crippen LogP contribution >= 0.6 is 38.9 Å². The van der Waals surface area contributed by atoms with Crippen LogP contribution in [-0.4, -0.2) is 17.8 Å². The number of halogens is 2. The molecule has 1 aliphatic carbocycles. The van der Waals surface area contributed by atoms with Gasteiger partial charge in [-0.25, -0.2) is 0 Å². The summed E-state index contributed by atoms with van der Waals surface area (Å²) in [6.07, 6.45) is 2.40. The molecule has 0 aromatic carbocycles. The minimum atomic E-state index is -0.0387. The van der Waals surface area contributed by atoms with E-state index in [-0.39, 0.29) is 11.3 Å². The van der Waals surface area contributed by atoms with E-state index in [0.717, 1.165) is 3.79 Å². The molecule has 1 saturated carbocycles. The molecule has 5 heteroatoms. The summed E-state index contributed by atoms with van der Waals surface area (Å²) >= 11 is 10.9. The highest BCUT2D eigenvalue weighted by atomic mass is 79.9.